The lowest BCUT2D eigenvalue weighted by atomic mass is 9.87. The number of nitro benzene ring substituents is 1. The van der Waals surface area contributed by atoms with Gasteiger partial charge in [-0.05, 0) is 42.5 Å². The fourth-order valence-corrected chi connectivity index (χ4v) is 3.18. The minimum absolute atomic E-state index is 0.0505. The smallest absolute Gasteiger partial charge is 0.293 e. The van der Waals surface area contributed by atoms with Crippen LogP contribution >= 0.6 is 0 Å². The molecule has 1 aliphatic carbocycles. The van der Waals surface area contributed by atoms with Crippen LogP contribution in [-0.4, -0.2) is 17.9 Å². The molecule has 2 aromatic carbocycles. The van der Waals surface area contributed by atoms with Crippen molar-refractivity contribution in [3.05, 3.63) is 69.3 Å². The third kappa shape index (κ3) is 3.08. The first-order valence-electron chi connectivity index (χ1n) is 7.95. The van der Waals surface area contributed by atoms with Crippen LogP contribution < -0.4 is 10.6 Å². The predicted octanol–water partition coefficient (Wildman–Crippen LogP) is 3.44. The molecule has 0 heterocycles. The molecule has 0 aliphatic heterocycles. The van der Waals surface area contributed by atoms with Crippen molar-refractivity contribution in [2.24, 2.45) is 0 Å². The molecule has 0 aromatic heterocycles. The van der Waals surface area contributed by atoms with Gasteiger partial charge in [-0.25, -0.2) is 0 Å². The van der Waals surface area contributed by atoms with E-state index in [0.717, 1.165) is 24.8 Å². The van der Waals surface area contributed by atoms with Crippen LogP contribution in [0.25, 0.3) is 0 Å². The fraction of sp³-hybridized carbons (Fsp3) is 0.278. The molecular formula is C18H19N3O3. The van der Waals surface area contributed by atoms with Crippen LogP contribution in [0.3, 0.4) is 0 Å². The number of hydrogen-bond acceptors (Lipinski definition) is 4. The molecule has 1 aliphatic rings. The molecule has 0 radical (unpaired) electrons. The molecular weight excluding hydrogens is 306 g/mol. The van der Waals surface area contributed by atoms with E-state index < -0.39 is 4.92 Å². The van der Waals surface area contributed by atoms with Gasteiger partial charge in [0.05, 0.1) is 11.0 Å². The van der Waals surface area contributed by atoms with E-state index in [2.05, 4.69) is 16.7 Å². The lowest BCUT2D eigenvalue weighted by Gasteiger charge is -2.26. The van der Waals surface area contributed by atoms with E-state index >= 15 is 0 Å². The average molecular weight is 325 g/mol. The van der Waals surface area contributed by atoms with Crippen LogP contribution in [0.2, 0.25) is 0 Å². The molecule has 0 unspecified atom stereocenters. The van der Waals surface area contributed by atoms with Crippen LogP contribution in [0.15, 0.2) is 42.5 Å². The minimum atomic E-state index is -0.488. The van der Waals surface area contributed by atoms with Crippen LogP contribution in [0.4, 0.5) is 11.4 Å². The number of amides is 1. The number of rotatable bonds is 4. The summed E-state index contributed by atoms with van der Waals surface area (Å²) >= 11 is 0. The lowest BCUT2D eigenvalue weighted by molar-refractivity contribution is -0.384. The maximum atomic E-state index is 12.5. The Labute approximate surface area is 140 Å². The second kappa shape index (κ2) is 6.70. The van der Waals surface area contributed by atoms with Gasteiger partial charge in [-0.15, -0.1) is 0 Å². The quantitative estimate of drug-likeness (QED) is 0.666. The summed E-state index contributed by atoms with van der Waals surface area (Å²) in [6.07, 6.45) is 2.91. The zero-order valence-corrected chi connectivity index (χ0v) is 13.4. The van der Waals surface area contributed by atoms with E-state index in [4.69, 9.17) is 0 Å². The number of aryl methyl sites for hydroxylation is 1. The highest BCUT2D eigenvalue weighted by Crippen LogP contribution is 2.30. The molecule has 0 saturated carbocycles. The Balaban J connectivity index is 1.84. The van der Waals surface area contributed by atoms with Crippen LogP contribution in [0, 0.1) is 10.1 Å². The Hall–Kier alpha value is -2.89. The number of nitrogens with one attached hydrogen (secondary N) is 2. The predicted molar refractivity (Wildman–Crippen MR) is 92.2 cm³/mol. The fourth-order valence-electron chi connectivity index (χ4n) is 3.18. The number of nitrogens with zero attached hydrogens (tertiary/aromatic N) is 1. The van der Waals surface area contributed by atoms with Crippen molar-refractivity contribution < 1.29 is 9.72 Å². The second-order valence-electron chi connectivity index (χ2n) is 5.86. The Morgan fingerprint density at radius 3 is 2.79 bits per heavy atom. The Morgan fingerprint density at radius 2 is 2.04 bits per heavy atom. The highest BCUT2D eigenvalue weighted by atomic mass is 16.6. The third-order valence-electron chi connectivity index (χ3n) is 4.40. The van der Waals surface area contributed by atoms with Gasteiger partial charge in [-0.3, -0.25) is 14.9 Å². The Bertz CT molecular complexity index is 789. The van der Waals surface area contributed by atoms with Crippen molar-refractivity contribution in [3.63, 3.8) is 0 Å². The van der Waals surface area contributed by atoms with E-state index in [1.54, 1.807) is 19.2 Å². The van der Waals surface area contributed by atoms with Gasteiger partial charge in [0.2, 0.25) is 0 Å². The van der Waals surface area contributed by atoms with Crippen LogP contribution in [-0.2, 0) is 6.42 Å². The van der Waals surface area contributed by atoms with Gasteiger partial charge in [-0.2, -0.15) is 0 Å². The van der Waals surface area contributed by atoms with E-state index in [1.807, 2.05) is 18.2 Å². The second-order valence-corrected chi connectivity index (χ2v) is 5.86. The van der Waals surface area contributed by atoms with E-state index in [-0.39, 0.29) is 17.6 Å². The number of benzene rings is 2. The molecule has 0 bridgehead atoms. The average Bonchev–Trinajstić information content (AvgIpc) is 2.61. The molecule has 1 atom stereocenters. The van der Waals surface area contributed by atoms with Crippen molar-refractivity contribution in [2.45, 2.75) is 25.3 Å². The van der Waals surface area contributed by atoms with E-state index in [9.17, 15) is 14.9 Å². The van der Waals surface area contributed by atoms with Crippen LogP contribution in [0.5, 0.6) is 0 Å². The summed E-state index contributed by atoms with van der Waals surface area (Å²) in [5.74, 6) is -0.289. The number of fused-ring (bicyclic) bond motifs is 1. The van der Waals surface area contributed by atoms with E-state index in [1.165, 1.54) is 11.6 Å². The highest BCUT2D eigenvalue weighted by molar-refractivity contribution is 5.96. The molecule has 0 fully saturated rings. The number of anilines is 1. The SMILES string of the molecule is CNc1ccc(C(=O)N[C@@H]2CCCc3ccccc32)cc1[N+](=O)[O-]. The molecule has 0 spiro atoms. The number of carbonyl (C=O) groups excluding carboxylic acids is 1. The van der Waals surface area contributed by atoms with Gasteiger partial charge in [0.25, 0.3) is 11.6 Å². The summed E-state index contributed by atoms with van der Waals surface area (Å²) in [6.45, 7) is 0. The number of hydrogen-bond donors (Lipinski definition) is 2. The van der Waals surface area contributed by atoms with E-state index in [0.29, 0.717) is 11.3 Å². The molecule has 2 aromatic rings. The minimum Gasteiger partial charge on any atom is -0.383 e. The number of carbonyl (C=O) groups is 1. The summed E-state index contributed by atoms with van der Waals surface area (Å²) in [4.78, 5) is 23.2. The first-order valence-corrected chi connectivity index (χ1v) is 7.95. The monoisotopic (exact) mass is 325 g/mol. The Morgan fingerprint density at radius 1 is 1.25 bits per heavy atom. The topological polar surface area (TPSA) is 84.3 Å². The zero-order valence-electron chi connectivity index (χ0n) is 13.4. The van der Waals surface area contributed by atoms with Gasteiger partial charge in [0, 0.05) is 18.7 Å². The number of nitro groups is 1. The lowest BCUT2D eigenvalue weighted by Crippen LogP contribution is -2.31. The first-order chi connectivity index (χ1) is 11.6. The van der Waals surface area contributed by atoms with Gasteiger partial charge >= 0.3 is 0 Å². The third-order valence-corrected chi connectivity index (χ3v) is 4.40. The molecule has 24 heavy (non-hydrogen) atoms. The molecule has 6 nitrogen and oxygen atoms in total. The van der Waals surface area contributed by atoms with Gasteiger partial charge in [-0.1, -0.05) is 24.3 Å². The molecule has 2 N–H and O–H groups in total. The van der Waals surface area contributed by atoms with Crippen molar-refractivity contribution >= 4 is 17.3 Å². The highest BCUT2D eigenvalue weighted by Gasteiger charge is 2.23. The summed E-state index contributed by atoms with van der Waals surface area (Å²) in [6, 6.07) is 12.5. The standard InChI is InChI=1S/C18H19N3O3/c1-19-16-10-9-13(11-17(16)21(23)24)18(22)20-15-8-4-6-12-5-2-3-7-14(12)15/h2-3,5,7,9-11,15,19H,4,6,8H2,1H3,(H,20,22)/t15-/m1/s1. The molecule has 124 valence electrons. The molecule has 0 saturated heterocycles. The van der Waals surface area contributed by atoms with Gasteiger partial charge in [0.1, 0.15) is 5.69 Å². The summed E-state index contributed by atoms with van der Waals surface area (Å²) in [7, 11) is 1.61. The maximum absolute atomic E-state index is 12.5. The van der Waals surface area contributed by atoms with Crippen molar-refractivity contribution in [1.82, 2.24) is 5.32 Å². The first kappa shape index (κ1) is 16.0. The van der Waals surface area contributed by atoms with Crippen LogP contribution in [0.1, 0.15) is 40.4 Å². The largest absolute Gasteiger partial charge is 0.383 e. The Kier molecular flexibility index (Phi) is 4.46. The summed E-state index contributed by atoms with van der Waals surface area (Å²) < 4.78 is 0. The zero-order chi connectivity index (χ0) is 17.1. The maximum Gasteiger partial charge on any atom is 0.293 e. The molecule has 6 heteroatoms. The summed E-state index contributed by atoms with van der Waals surface area (Å²) in [5.41, 5.74) is 2.97. The van der Waals surface area contributed by atoms with Crippen molar-refractivity contribution in [2.75, 3.05) is 12.4 Å². The normalized spacial score (nSPS) is 16.1. The molecule has 1 amide bonds. The summed E-state index contributed by atoms with van der Waals surface area (Å²) in [5, 5.41) is 16.9. The van der Waals surface area contributed by atoms with Gasteiger partial charge < -0.3 is 10.6 Å². The van der Waals surface area contributed by atoms with Crippen molar-refractivity contribution in [1.29, 1.82) is 0 Å². The van der Waals surface area contributed by atoms with Gasteiger partial charge in [0.15, 0.2) is 0 Å². The molecule has 3 rings (SSSR count). The van der Waals surface area contributed by atoms with Crippen molar-refractivity contribution in [3.8, 4) is 0 Å².